The molecule has 0 spiro atoms. The van der Waals surface area contributed by atoms with Gasteiger partial charge in [0.2, 0.25) is 0 Å². The summed E-state index contributed by atoms with van der Waals surface area (Å²) in [5.74, 6) is -1.41. The van der Waals surface area contributed by atoms with Crippen LogP contribution in [0.4, 0.5) is 28.8 Å². The molecule has 3 N–H and O–H groups in total. The molecule has 16 heteroatoms. The second-order valence-electron chi connectivity index (χ2n) is 12.8. The Morgan fingerprint density at radius 1 is 1.33 bits per heavy atom. The number of β-amino-alcohol motifs (C(OH)–C–C–N with tert-alkyl or cyclic N) is 1. The van der Waals surface area contributed by atoms with Crippen LogP contribution in [0.5, 0.6) is 6.01 Å². The fourth-order valence-corrected chi connectivity index (χ4v) is 8.58. The number of carbonyl (C=O) groups is 1. The molecular weight excluding hydrogens is 673 g/mol. The second kappa shape index (κ2) is 12.2. The first-order valence-corrected chi connectivity index (χ1v) is 16.5. The fourth-order valence-electron chi connectivity index (χ4n) is 7.22. The highest BCUT2D eigenvalue weighted by Gasteiger charge is 2.49. The molecule has 7 rings (SSSR count). The Morgan fingerprint density at radius 2 is 2.15 bits per heavy atom. The number of benzene rings is 2. The zero-order chi connectivity index (χ0) is 34.0. The van der Waals surface area contributed by atoms with Crippen molar-refractivity contribution in [3.63, 3.8) is 0 Å². The first kappa shape index (κ1) is 32.6. The Hall–Kier alpha value is -3.94. The summed E-state index contributed by atoms with van der Waals surface area (Å²) in [5, 5.41) is 32.3. The van der Waals surface area contributed by atoms with Gasteiger partial charge in [0.1, 0.15) is 46.6 Å². The molecule has 3 atom stereocenters. The minimum atomic E-state index is -1.45. The zero-order valence-corrected chi connectivity index (χ0v) is 27.2. The lowest BCUT2D eigenvalue weighted by Crippen LogP contribution is -2.44. The van der Waals surface area contributed by atoms with Gasteiger partial charge in [0, 0.05) is 35.8 Å². The van der Waals surface area contributed by atoms with Gasteiger partial charge in [-0.3, -0.25) is 10.2 Å². The number of hydrogen-bond acceptors (Lipinski definition) is 10. The van der Waals surface area contributed by atoms with Crippen LogP contribution in [-0.2, 0) is 4.74 Å². The number of carboxylic acid groups (broad SMARTS) is 1. The predicted molar refractivity (Wildman–Crippen MR) is 174 cm³/mol. The van der Waals surface area contributed by atoms with Gasteiger partial charge >= 0.3 is 12.1 Å². The molecule has 2 aromatic carbocycles. The number of fused-ring (bicyclic) bond motifs is 3. The number of nitriles is 1. The smallest absolute Gasteiger partial charge is 0.409 e. The van der Waals surface area contributed by atoms with Gasteiger partial charge < -0.3 is 24.6 Å². The number of halogens is 4. The summed E-state index contributed by atoms with van der Waals surface area (Å²) in [7, 11) is 0. The van der Waals surface area contributed by atoms with E-state index >= 15 is 8.78 Å². The third-order valence-electron chi connectivity index (χ3n) is 9.22. The van der Waals surface area contributed by atoms with E-state index in [2.05, 4.69) is 20.2 Å². The second-order valence-corrected chi connectivity index (χ2v) is 14.2. The first-order valence-electron chi connectivity index (χ1n) is 15.3. The maximum Gasteiger partial charge on any atom is 0.409 e. The normalized spacial score (nSPS) is 24.5. The van der Waals surface area contributed by atoms with E-state index in [1.54, 1.807) is 11.8 Å². The van der Waals surface area contributed by atoms with Gasteiger partial charge in [-0.15, -0.1) is 11.3 Å². The molecule has 3 saturated heterocycles. The topological polar surface area (TPSA) is 144 Å². The van der Waals surface area contributed by atoms with Crippen LogP contribution >= 0.6 is 22.9 Å². The number of aromatic nitrogens is 2. The number of hydrogen-bond donors (Lipinski definition) is 3. The summed E-state index contributed by atoms with van der Waals surface area (Å²) in [5.41, 5.74) is -2.32. The molecule has 1 amide bonds. The van der Waals surface area contributed by atoms with Crippen molar-refractivity contribution in [3.8, 4) is 23.2 Å². The number of nitrogens with one attached hydrogen (secondary N) is 1. The Kier molecular flexibility index (Phi) is 8.28. The lowest BCUT2D eigenvalue weighted by atomic mass is 9.95. The standard InChI is InChI=1S/C32H30ClF3N6O5S/c1-31(45)13-41(7-8-46-14-31)27-18-9-20(33)23(17-3-4-21(35)26-22(17)19(11-37)28(48-26)40-30(43)44)24(36)25(18)38-29(39-27)47-15-32-5-2-6-42(32)12-16(34)10-32/h3-4,9,16,40,45H,2,5-8,10,12-15H2,1H3,(H,43,44)/t16-,31?,32+/m1/s1. The molecule has 1 unspecified atom stereocenters. The van der Waals surface area contributed by atoms with E-state index in [1.807, 2.05) is 6.07 Å². The van der Waals surface area contributed by atoms with Crippen LogP contribution < -0.4 is 15.0 Å². The van der Waals surface area contributed by atoms with Crippen molar-refractivity contribution in [2.45, 2.75) is 43.5 Å². The molecule has 48 heavy (non-hydrogen) atoms. The van der Waals surface area contributed by atoms with Gasteiger partial charge in [-0.25, -0.2) is 18.0 Å². The maximum absolute atomic E-state index is 17.0. The minimum Gasteiger partial charge on any atom is -0.465 e. The van der Waals surface area contributed by atoms with Crippen LogP contribution in [0.3, 0.4) is 0 Å². The monoisotopic (exact) mass is 702 g/mol. The molecule has 3 aliphatic heterocycles. The number of anilines is 2. The number of aliphatic hydroxyl groups is 1. The molecular formula is C32H30ClF3N6O5S. The van der Waals surface area contributed by atoms with Crippen molar-refractivity contribution in [2.24, 2.45) is 0 Å². The third-order valence-corrected chi connectivity index (χ3v) is 10.6. The van der Waals surface area contributed by atoms with Crippen molar-refractivity contribution < 1.29 is 37.7 Å². The fraction of sp³-hybridized carbons (Fsp3) is 0.438. The first-order chi connectivity index (χ1) is 22.9. The molecule has 2 aromatic heterocycles. The van der Waals surface area contributed by atoms with Crippen molar-refractivity contribution in [2.75, 3.05) is 56.2 Å². The largest absolute Gasteiger partial charge is 0.465 e. The highest BCUT2D eigenvalue weighted by Crippen LogP contribution is 2.47. The van der Waals surface area contributed by atoms with Gasteiger partial charge in [0.25, 0.3) is 0 Å². The molecule has 3 fully saturated rings. The Balaban J connectivity index is 1.41. The van der Waals surface area contributed by atoms with E-state index in [9.17, 15) is 24.7 Å². The maximum atomic E-state index is 17.0. The van der Waals surface area contributed by atoms with E-state index in [0.29, 0.717) is 30.8 Å². The molecule has 4 aromatic rings. The quantitative estimate of drug-likeness (QED) is 0.221. The van der Waals surface area contributed by atoms with Crippen molar-refractivity contribution in [1.29, 1.82) is 5.26 Å². The van der Waals surface area contributed by atoms with Crippen LogP contribution in [0.25, 0.3) is 32.1 Å². The van der Waals surface area contributed by atoms with Gasteiger partial charge in [-0.05, 0) is 44.0 Å². The lowest BCUT2D eigenvalue weighted by molar-refractivity contribution is -0.0123. The Morgan fingerprint density at radius 3 is 2.92 bits per heavy atom. The Bertz CT molecular complexity index is 2010. The molecule has 5 heterocycles. The Labute approximate surface area is 281 Å². The average molecular weight is 703 g/mol. The summed E-state index contributed by atoms with van der Waals surface area (Å²) < 4.78 is 58.2. The highest BCUT2D eigenvalue weighted by atomic mass is 35.5. The van der Waals surface area contributed by atoms with Gasteiger partial charge in [0.15, 0.2) is 5.82 Å². The summed E-state index contributed by atoms with van der Waals surface area (Å²) in [6.07, 6.45) is -0.519. The minimum absolute atomic E-state index is 0.0136. The molecule has 0 bridgehead atoms. The van der Waals surface area contributed by atoms with Crippen molar-refractivity contribution >= 4 is 60.8 Å². The molecule has 252 valence electrons. The van der Waals surface area contributed by atoms with Crippen LogP contribution in [-0.4, -0.2) is 94.5 Å². The molecule has 11 nitrogen and oxygen atoms in total. The molecule has 0 saturated carbocycles. The predicted octanol–water partition coefficient (Wildman–Crippen LogP) is 5.95. The number of amides is 1. The van der Waals surface area contributed by atoms with E-state index in [0.717, 1.165) is 25.5 Å². The summed E-state index contributed by atoms with van der Waals surface area (Å²) >= 11 is 7.49. The van der Waals surface area contributed by atoms with Crippen LogP contribution in [0.2, 0.25) is 5.02 Å². The number of thiophene rings is 1. The summed E-state index contributed by atoms with van der Waals surface area (Å²) in [4.78, 5) is 24.3. The van der Waals surface area contributed by atoms with Crippen molar-refractivity contribution in [3.05, 3.63) is 40.4 Å². The van der Waals surface area contributed by atoms with E-state index < -0.39 is 35.0 Å². The molecule has 0 aliphatic carbocycles. The van der Waals surface area contributed by atoms with Gasteiger partial charge in [-0.1, -0.05) is 17.7 Å². The number of alkyl halides is 1. The van der Waals surface area contributed by atoms with Gasteiger partial charge in [-0.2, -0.15) is 15.2 Å². The highest BCUT2D eigenvalue weighted by molar-refractivity contribution is 7.23. The zero-order valence-electron chi connectivity index (χ0n) is 25.7. The third kappa shape index (κ3) is 5.65. The van der Waals surface area contributed by atoms with Crippen molar-refractivity contribution in [1.82, 2.24) is 14.9 Å². The van der Waals surface area contributed by atoms with E-state index in [-0.39, 0.29) is 85.9 Å². The molecule has 0 radical (unpaired) electrons. The van der Waals surface area contributed by atoms with E-state index in [4.69, 9.17) is 21.1 Å². The van der Waals surface area contributed by atoms with Gasteiger partial charge in [0.05, 0.1) is 40.6 Å². The average Bonchev–Trinajstić information content (AvgIpc) is 3.63. The summed E-state index contributed by atoms with van der Waals surface area (Å²) in [6, 6.07) is 5.57. The number of rotatable bonds is 6. The molecule has 3 aliphatic rings. The number of nitrogens with zero attached hydrogens (tertiary/aromatic N) is 5. The van der Waals surface area contributed by atoms with Crippen LogP contribution in [0.1, 0.15) is 31.7 Å². The SMILES string of the molecule is CC1(O)COCCN(c2nc(OC[C@@]34CCCN3C[C@H](F)C4)nc3c(F)c(-c4ccc(F)c5sc(NC(=O)O)c(C#N)c45)c(Cl)cc23)C1. The van der Waals surface area contributed by atoms with E-state index in [1.165, 1.54) is 12.1 Å². The number of ether oxygens (including phenoxy) is 2. The lowest BCUT2D eigenvalue weighted by Gasteiger charge is -2.31. The van der Waals surface area contributed by atoms with Crippen LogP contribution in [0.15, 0.2) is 18.2 Å². The summed E-state index contributed by atoms with van der Waals surface area (Å²) in [6.45, 7) is 3.45. The van der Waals surface area contributed by atoms with Crippen LogP contribution in [0, 0.1) is 23.0 Å².